The Balaban J connectivity index is 2.16. The van der Waals surface area contributed by atoms with E-state index in [2.05, 4.69) is 27.5 Å². The molecule has 2 aromatic carbocycles. The van der Waals surface area contributed by atoms with Gasteiger partial charge in [0.05, 0.1) is 22.9 Å². The van der Waals surface area contributed by atoms with Gasteiger partial charge < -0.3 is 0 Å². The first-order valence-electron chi connectivity index (χ1n) is 8.79. The molecule has 0 radical (unpaired) electrons. The van der Waals surface area contributed by atoms with E-state index in [1.165, 1.54) is 11.3 Å². The highest BCUT2D eigenvalue weighted by molar-refractivity contribution is 9.10. The molecular formula is C21H19BrN4O2S. The first-order valence-corrected chi connectivity index (χ1v) is 10.5. The largest absolute Gasteiger partial charge is 0.272 e. The van der Waals surface area contributed by atoms with Crippen LogP contribution >= 0.6 is 27.3 Å². The number of nitrogens with zero attached hydrogens (tertiary/aromatic N) is 4. The third kappa shape index (κ3) is 4.78. The van der Waals surface area contributed by atoms with Gasteiger partial charge in [0.2, 0.25) is 4.80 Å². The highest BCUT2D eigenvalue weighted by Gasteiger charge is 2.13. The fourth-order valence-electron chi connectivity index (χ4n) is 2.73. The van der Waals surface area contributed by atoms with Crippen LogP contribution in [0.2, 0.25) is 0 Å². The SMILES string of the molecule is C=CCN=c1scc(-c2cccc(Br)c2)n1N=C(C)c1ccc(C)c([N+](=O)[O-])c1. The minimum atomic E-state index is -0.373. The fraction of sp³-hybridized carbons (Fsp3) is 0.143. The molecule has 0 aliphatic heterocycles. The summed E-state index contributed by atoms with van der Waals surface area (Å²) in [5.41, 5.74) is 3.92. The number of benzene rings is 2. The van der Waals surface area contributed by atoms with Gasteiger partial charge in [0.25, 0.3) is 5.69 Å². The molecule has 0 atom stereocenters. The van der Waals surface area contributed by atoms with E-state index in [0.717, 1.165) is 20.5 Å². The van der Waals surface area contributed by atoms with Gasteiger partial charge in [-0.05, 0) is 26.0 Å². The Morgan fingerprint density at radius 3 is 2.83 bits per heavy atom. The van der Waals surface area contributed by atoms with E-state index < -0.39 is 0 Å². The van der Waals surface area contributed by atoms with Crippen LogP contribution in [0.3, 0.4) is 0 Å². The summed E-state index contributed by atoms with van der Waals surface area (Å²) >= 11 is 4.99. The number of halogens is 1. The normalized spacial score (nSPS) is 12.2. The fourth-order valence-corrected chi connectivity index (χ4v) is 3.97. The van der Waals surface area contributed by atoms with Gasteiger partial charge in [-0.3, -0.25) is 15.1 Å². The lowest BCUT2D eigenvalue weighted by molar-refractivity contribution is -0.385. The standard InChI is InChI=1S/C21H19BrN4O2S/c1-4-10-23-21-25(20(13-29-21)17-6-5-7-18(22)11-17)24-15(3)16-9-8-14(2)19(12-16)26(27)28/h4-9,11-13H,1,10H2,2-3H3. The molecule has 1 heterocycles. The minimum absolute atomic E-state index is 0.0798. The van der Waals surface area contributed by atoms with Gasteiger partial charge in [-0.1, -0.05) is 46.3 Å². The molecule has 148 valence electrons. The maximum absolute atomic E-state index is 11.3. The van der Waals surface area contributed by atoms with Crippen LogP contribution < -0.4 is 4.80 Å². The molecule has 8 heteroatoms. The van der Waals surface area contributed by atoms with E-state index in [1.54, 1.807) is 29.8 Å². The Labute approximate surface area is 180 Å². The zero-order valence-electron chi connectivity index (χ0n) is 16.0. The van der Waals surface area contributed by atoms with E-state index in [1.807, 2.05) is 42.6 Å². The van der Waals surface area contributed by atoms with E-state index in [9.17, 15) is 10.1 Å². The zero-order valence-corrected chi connectivity index (χ0v) is 18.4. The smallest absolute Gasteiger partial charge is 0.258 e. The Bertz CT molecular complexity index is 1180. The molecule has 0 unspecified atom stereocenters. The highest BCUT2D eigenvalue weighted by Crippen LogP contribution is 2.24. The second-order valence-electron chi connectivity index (χ2n) is 6.30. The molecule has 0 N–H and O–H groups in total. The molecule has 0 bridgehead atoms. The van der Waals surface area contributed by atoms with Gasteiger partial charge >= 0.3 is 0 Å². The van der Waals surface area contributed by atoms with Gasteiger partial charge in [0, 0.05) is 32.6 Å². The molecule has 0 aliphatic rings. The van der Waals surface area contributed by atoms with Crippen LogP contribution in [0.25, 0.3) is 11.3 Å². The number of hydrogen-bond donors (Lipinski definition) is 0. The first-order chi connectivity index (χ1) is 13.9. The summed E-state index contributed by atoms with van der Waals surface area (Å²) in [5.74, 6) is 0. The second kappa shape index (κ2) is 9.11. The number of aryl methyl sites for hydroxylation is 1. The van der Waals surface area contributed by atoms with Crippen molar-refractivity contribution in [2.75, 3.05) is 6.54 Å². The molecule has 3 rings (SSSR count). The summed E-state index contributed by atoms with van der Waals surface area (Å²) < 4.78 is 2.74. The van der Waals surface area contributed by atoms with Crippen LogP contribution in [0.15, 0.2) is 75.1 Å². The molecule has 0 saturated heterocycles. The second-order valence-corrected chi connectivity index (χ2v) is 8.05. The summed E-state index contributed by atoms with van der Waals surface area (Å²) in [5, 5.41) is 18.0. The quantitative estimate of drug-likeness (QED) is 0.205. The van der Waals surface area contributed by atoms with Crippen LogP contribution in [0.1, 0.15) is 18.1 Å². The Kier molecular flexibility index (Phi) is 6.56. The Morgan fingerprint density at radius 1 is 1.34 bits per heavy atom. The van der Waals surface area contributed by atoms with Gasteiger partial charge in [0.15, 0.2) is 0 Å². The van der Waals surface area contributed by atoms with Crippen molar-refractivity contribution in [2.45, 2.75) is 13.8 Å². The third-order valence-electron chi connectivity index (χ3n) is 4.23. The first kappa shape index (κ1) is 20.9. The lowest BCUT2D eigenvalue weighted by Gasteiger charge is -2.07. The number of rotatable bonds is 6. The lowest BCUT2D eigenvalue weighted by Crippen LogP contribution is -2.14. The average Bonchev–Trinajstić information content (AvgIpc) is 3.08. The maximum atomic E-state index is 11.3. The Morgan fingerprint density at radius 2 is 2.14 bits per heavy atom. The molecule has 0 spiro atoms. The summed E-state index contributed by atoms with van der Waals surface area (Å²) in [6.07, 6.45) is 1.72. The number of aromatic nitrogens is 1. The third-order valence-corrected chi connectivity index (χ3v) is 5.58. The van der Waals surface area contributed by atoms with Crippen molar-refractivity contribution in [3.63, 3.8) is 0 Å². The minimum Gasteiger partial charge on any atom is -0.258 e. The van der Waals surface area contributed by atoms with Crippen molar-refractivity contribution in [2.24, 2.45) is 10.1 Å². The van der Waals surface area contributed by atoms with Crippen LogP contribution in [0, 0.1) is 17.0 Å². The summed E-state index contributed by atoms with van der Waals surface area (Å²) in [4.78, 5) is 16.2. The molecule has 1 aromatic heterocycles. The molecule has 3 aromatic rings. The summed E-state index contributed by atoms with van der Waals surface area (Å²) in [6.45, 7) is 7.75. The molecule has 0 amide bonds. The molecular weight excluding hydrogens is 452 g/mol. The van der Waals surface area contributed by atoms with Crippen molar-refractivity contribution in [3.05, 3.63) is 91.0 Å². The van der Waals surface area contributed by atoms with Crippen molar-refractivity contribution in [3.8, 4) is 11.3 Å². The number of nitro benzene ring substituents is 1. The Hall–Kier alpha value is -2.84. The summed E-state index contributed by atoms with van der Waals surface area (Å²) in [7, 11) is 0. The average molecular weight is 471 g/mol. The zero-order chi connectivity index (χ0) is 21.0. The molecule has 6 nitrogen and oxygen atoms in total. The van der Waals surface area contributed by atoms with Crippen LogP contribution in [-0.2, 0) is 0 Å². The van der Waals surface area contributed by atoms with Gasteiger partial charge in [0.1, 0.15) is 0 Å². The number of thiazole rings is 1. The summed E-state index contributed by atoms with van der Waals surface area (Å²) in [6, 6.07) is 13.1. The van der Waals surface area contributed by atoms with E-state index in [4.69, 9.17) is 5.10 Å². The monoisotopic (exact) mass is 470 g/mol. The van der Waals surface area contributed by atoms with Gasteiger partial charge in [-0.25, -0.2) is 4.68 Å². The van der Waals surface area contributed by atoms with Crippen molar-refractivity contribution >= 4 is 38.7 Å². The van der Waals surface area contributed by atoms with Crippen molar-refractivity contribution in [1.29, 1.82) is 0 Å². The van der Waals surface area contributed by atoms with E-state index in [-0.39, 0.29) is 10.6 Å². The highest BCUT2D eigenvalue weighted by atomic mass is 79.9. The number of hydrogen-bond acceptors (Lipinski definition) is 5. The maximum Gasteiger partial charge on any atom is 0.272 e. The number of nitro groups is 1. The van der Waals surface area contributed by atoms with Crippen LogP contribution in [0.5, 0.6) is 0 Å². The van der Waals surface area contributed by atoms with Crippen molar-refractivity contribution < 1.29 is 4.92 Å². The molecule has 0 fully saturated rings. The van der Waals surface area contributed by atoms with Gasteiger partial charge in [-0.15, -0.1) is 17.9 Å². The predicted octanol–water partition coefficient (Wildman–Crippen LogP) is 5.55. The van der Waals surface area contributed by atoms with Crippen LogP contribution in [-0.4, -0.2) is 21.9 Å². The van der Waals surface area contributed by atoms with Crippen molar-refractivity contribution in [1.82, 2.24) is 4.68 Å². The van der Waals surface area contributed by atoms with E-state index >= 15 is 0 Å². The van der Waals surface area contributed by atoms with Gasteiger partial charge in [-0.2, -0.15) is 5.10 Å². The molecule has 0 saturated carbocycles. The topological polar surface area (TPSA) is 72.8 Å². The lowest BCUT2D eigenvalue weighted by atomic mass is 10.1. The van der Waals surface area contributed by atoms with Crippen LogP contribution in [0.4, 0.5) is 5.69 Å². The molecule has 0 aliphatic carbocycles. The predicted molar refractivity (Wildman–Crippen MR) is 122 cm³/mol. The molecule has 29 heavy (non-hydrogen) atoms. The van der Waals surface area contributed by atoms with E-state index in [0.29, 0.717) is 23.4 Å².